The molecule has 1 unspecified atom stereocenters. The predicted octanol–water partition coefficient (Wildman–Crippen LogP) is 5.10. The fraction of sp³-hybridized carbons (Fsp3) is 0.316. The number of ether oxygens (including phenoxy) is 1. The van der Waals surface area contributed by atoms with Gasteiger partial charge in [-0.15, -0.1) is 0 Å². The number of thiocarbonyl (C=S) groups is 1. The number of pyridine rings is 1. The first-order chi connectivity index (χ1) is 12.3. The summed E-state index contributed by atoms with van der Waals surface area (Å²) in [5.41, 5.74) is 3.08. The van der Waals surface area contributed by atoms with E-state index in [1.807, 2.05) is 58.0 Å². The summed E-state index contributed by atoms with van der Waals surface area (Å²) in [5, 5.41) is 0.400. The van der Waals surface area contributed by atoms with E-state index in [-0.39, 0.29) is 0 Å². The highest BCUT2D eigenvalue weighted by Crippen LogP contribution is 2.30. The molecule has 138 valence electrons. The van der Waals surface area contributed by atoms with Crippen LogP contribution in [0, 0.1) is 0 Å². The zero-order valence-corrected chi connectivity index (χ0v) is 18.4. The van der Waals surface area contributed by atoms with Gasteiger partial charge >= 0.3 is 0 Å². The molecule has 7 heteroatoms. The fourth-order valence-electron chi connectivity index (χ4n) is 2.13. The van der Waals surface area contributed by atoms with E-state index in [1.165, 1.54) is 0 Å². The summed E-state index contributed by atoms with van der Waals surface area (Å²) in [5.74, 6) is 0. The summed E-state index contributed by atoms with van der Waals surface area (Å²) in [6, 6.07) is 9.47. The number of benzene rings is 1. The van der Waals surface area contributed by atoms with Crippen LogP contribution in [0.25, 0.3) is 11.3 Å². The average molecular weight is 453 g/mol. The third-order valence-corrected chi connectivity index (χ3v) is 5.79. The van der Waals surface area contributed by atoms with E-state index < -0.39 is 15.7 Å². The van der Waals surface area contributed by atoms with Crippen molar-refractivity contribution in [3.05, 3.63) is 52.1 Å². The van der Waals surface area contributed by atoms with Crippen LogP contribution >= 0.6 is 28.1 Å². The molecule has 0 saturated heterocycles. The molecule has 1 atom stereocenters. The SMILES string of the molecule is CCOC(=S)c1cccnc1-c1cccc(Br)c1/C=N/S(=O)C(C)(C)C. The molecule has 26 heavy (non-hydrogen) atoms. The zero-order valence-electron chi connectivity index (χ0n) is 15.2. The lowest BCUT2D eigenvalue weighted by atomic mass is 10.0. The van der Waals surface area contributed by atoms with Crippen LogP contribution in [0.3, 0.4) is 0 Å². The molecule has 4 nitrogen and oxygen atoms in total. The minimum atomic E-state index is -1.35. The molecule has 0 aliphatic carbocycles. The highest BCUT2D eigenvalue weighted by atomic mass is 79.9. The molecule has 1 heterocycles. The molecule has 0 aliphatic heterocycles. The van der Waals surface area contributed by atoms with Gasteiger partial charge in [0.1, 0.15) is 11.0 Å². The Morgan fingerprint density at radius 1 is 1.35 bits per heavy atom. The van der Waals surface area contributed by atoms with Crippen molar-refractivity contribution in [2.45, 2.75) is 32.4 Å². The average Bonchev–Trinajstić information content (AvgIpc) is 2.59. The second kappa shape index (κ2) is 8.97. The Balaban J connectivity index is 2.57. The van der Waals surface area contributed by atoms with E-state index in [9.17, 15) is 4.21 Å². The minimum Gasteiger partial charge on any atom is -0.483 e. The Hall–Kier alpha value is -1.44. The standard InChI is InChI=1S/C19H21BrN2O2S2/c1-5-24-18(25)14-9-7-11-21-17(14)13-8-6-10-16(20)15(13)12-22-26(23)19(2,3)4/h6-12H,5H2,1-4H3/b22-12+. The first-order valence-electron chi connectivity index (χ1n) is 8.12. The molecule has 2 rings (SSSR count). The first kappa shape index (κ1) is 20.9. The highest BCUT2D eigenvalue weighted by Gasteiger charge is 2.19. The van der Waals surface area contributed by atoms with Gasteiger partial charge in [-0.3, -0.25) is 4.98 Å². The number of hydrogen-bond donors (Lipinski definition) is 0. The monoisotopic (exact) mass is 452 g/mol. The number of aromatic nitrogens is 1. The normalized spacial score (nSPS) is 13.0. The van der Waals surface area contributed by atoms with Crippen LogP contribution in [-0.2, 0) is 15.7 Å². The van der Waals surface area contributed by atoms with E-state index >= 15 is 0 Å². The molecule has 1 aromatic heterocycles. The number of hydrogen-bond acceptors (Lipinski definition) is 4. The summed E-state index contributed by atoms with van der Waals surface area (Å²) in [6.07, 6.45) is 3.34. The summed E-state index contributed by atoms with van der Waals surface area (Å²) in [7, 11) is -1.35. The van der Waals surface area contributed by atoms with E-state index in [4.69, 9.17) is 17.0 Å². The molecule has 0 bridgehead atoms. The Kier molecular flexibility index (Phi) is 7.20. The molecule has 1 aromatic carbocycles. The van der Waals surface area contributed by atoms with Crippen LogP contribution in [0.5, 0.6) is 0 Å². The van der Waals surface area contributed by atoms with Crippen LogP contribution in [0.15, 0.2) is 45.4 Å². The summed E-state index contributed by atoms with van der Waals surface area (Å²) >= 11 is 8.94. The molecule has 0 amide bonds. The molecule has 0 fully saturated rings. The molecule has 2 aromatic rings. The smallest absolute Gasteiger partial charge is 0.193 e. The van der Waals surface area contributed by atoms with Gasteiger partial charge in [0.15, 0.2) is 5.05 Å². The van der Waals surface area contributed by atoms with Gasteiger partial charge < -0.3 is 4.74 Å². The number of rotatable bonds is 5. The summed E-state index contributed by atoms with van der Waals surface area (Å²) < 4.78 is 22.5. The third kappa shape index (κ3) is 5.05. The first-order valence-corrected chi connectivity index (χ1v) is 10.4. The lowest BCUT2D eigenvalue weighted by Gasteiger charge is -2.14. The van der Waals surface area contributed by atoms with Crippen molar-refractivity contribution >= 4 is 50.4 Å². The molecule has 0 saturated carbocycles. The van der Waals surface area contributed by atoms with Crippen molar-refractivity contribution in [2.75, 3.05) is 6.61 Å². The molecule has 0 aliphatic rings. The van der Waals surface area contributed by atoms with Crippen LogP contribution in [0.1, 0.15) is 38.8 Å². The Bertz CT molecular complexity index is 861. The molecular formula is C19H21BrN2O2S2. The Morgan fingerprint density at radius 3 is 2.73 bits per heavy atom. The van der Waals surface area contributed by atoms with E-state index in [1.54, 1.807) is 12.4 Å². The van der Waals surface area contributed by atoms with Crippen molar-refractivity contribution in [3.63, 3.8) is 0 Å². The van der Waals surface area contributed by atoms with E-state index in [0.29, 0.717) is 17.4 Å². The van der Waals surface area contributed by atoms with Gasteiger partial charge in [-0.2, -0.15) is 4.40 Å². The van der Waals surface area contributed by atoms with Crippen LogP contribution in [0.2, 0.25) is 0 Å². The van der Waals surface area contributed by atoms with Gasteiger partial charge in [-0.25, -0.2) is 4.21 Å². The van der Waals surface area contributed by atoms with Gasteiger partial charge in [0.2, 0.25) is 0 Å². The van der Waals surface area contributed by atoms with Crippen molar-refractivity contribution in [1.29, 1.82) is 0 Å². The van der Waals surface area contributed by atoms with E-state index in [2.05, 4.69) is 25.3 Å². The lowest BCUT2D eigenvalue weighted by molar-refractivity contribution is 0.337. The second-order valence-electron chi connectivity index (χ2n) is 6.42. The van der Waals surface area contributed by atoms with Gasteiger partial charge in [0.25, 0.3) is 0 Å². The topological polar surface area (TPSA) is 51.6 Å². The largest absolute Gasteiger partial charge is 0.483 e. The quantitative estimate of drug-likeness (QED) is 0.467. The van der Waals surface area contributed by atoms with Crippen molar-refractivity contribution in [2.24, 2.45) is 4.40 Å². The molecule has 0 spiro atoms. The minimum absolute atomic E-state index is 0.400. The zero-order chi connectivity index (χ0) is 19.3. The van der Waals surface area contributed by atoms with Crippen LogP contribution in [-0.4, -0.2) is 31.8 Å². The maximum absolute atomic E-state index is 12.3. The van der Waals surface area contributed by atoms with E-state index in [0.717, 1.165) is 21.2 Å². The summed E-state index contributed by atoms with van der Waals surface area (Å²) in [6.45, 7) is 8.04. The maximum atomic E-state index is 12.3. The van der Waals surface area contributed by atoms with Crippen LogP contribution in [0.4, 0.5) is 0 Å². The van der Waals surface area contributed by atoms with Crippen LogP contribution < -0.4 is 0 Å². The Morgan fingerprint density at radius 2 is 2.08 bits per heavy atom. The molecule has 0 N–H and O–H groups in total. The molecular weight excluding hydrogens is 432 g/mol. The van der Waals surface area contributed by atoms with Gasteiger partial charge in [-0.1, -0.05) is 28.1 Å². The predicted molar refractivity (Wildman–Crippen MR) is 116 cm³/mol. The number of nitrogens with zero attached hydrogens (tertiary/aromatic N) is 2. The summed E-state index contributed by atoms with van der Waals surface area (Å²) in [4.78, 5) is 4.50. The number of halogens is 1. The second-order valence-corrected chi connectivity index (χ2v) is 9.58. The van der Waals surface area contributed by atoms with Gasteiger partial charge in [0, 0.05) is 28.0 Å². The van der Waals surface area contributed by atoms with Gasteiger partial charge in [-0.05, 0) is 58.1 Å². The third-order valence-electron chi connectivity index (χ3n) is 3.41. The highest BCUT2D eigenvalue weighted by molar-refractivity contribution is 9.10. The van der Waals surface area contributed by atoms with Crippen molar-refractivity contribution in [3.8, 4) is 11.3 Å². The fourth-order valence-corrected chi connectivity index (χ4v) is 3.40. The Labute approximate surface area is 170 Å². The van der Waals surface area contributed by atoms with Crippen molar-refractivity contribution < 1.29 is 8.95 Å². The maximum Gasteiger partial charge on any atom is 0.193 e. The van der Waals surface area contributed by atoms with Crippen molar-refractivity contribution in [1.82, 2.24) is 4.98 Å². The lowest BCUT2D eigenvalue weighted by Crippen LogP contribution is -2.19. The molecule has 0 radical (unpaired) electrons. The van der Waals surface area contributed by atoms with Gasteiger partial charge in [0.05, 0.1) is 22.6 Å².